The van der Waals surface area contributed by atoms with Crippen LogP contribution in [0.4, 0.5) is 0 Å². The summed E-state index contributed by atoms with van der Waals surface area (Å²) in [4.78, 5) is 12.7. The van der Waals surface area contributed by atoms with Crippen LogP contribution in [0.15, 0.2) is 24.8 Å². The molecular weight excluding hydrogens is 126 g/mol. The molecule has 2 nitrogen and oxygen atoms in total. The van der Waals surface area contributed by atoms with Crippen LogP contribution in [0.5, 0.6) is 0 Å². The van der Waals surface area contributed by atoms with E-state index < -0.39 is 0 Å². The van der Waals surface area contributed by atoms with Crippen LogP contribution in [0, 0.1) is 0 Å². The van der Waals surface area contributed by atoms with Crippen LogP contribution < -0.4 is 0 Å². The average Bonchev–Trinajstić information content (AvgIpc) is 2.34. The van der Waals surface area contributed by atoms with Gasteiger partial charge in [-0.3, -0.25) is 4.79 Å². The number of amides is 1. The minimum atomic E-state index is 0.0126. The van der Waals surface area contributed by atoms with Gasteiger partial charge in [-0.05, 0) is 12.5 Å². The van der Waals surface area contributed by atoms with Gasteiger partial charge in [-0.15, -0.1) is 0 Å². The predicted octanol–water partition coefficient (Wildman–Crippen LogP) is 0.961. The molecule has 0 bridgehead atoms. The second kappa shape index (κ2) is 2.69. The monoisotopic (exact) mass is 137 g/mol. The van der Waals surface area contributed by atoms with Gasteiger partial charge in [0, 0.05) is 13.1 Å². The van der Waals surface area contributed by atoms with Crippen LogP contribution in [0.1, 0.15) is 6.42 Å². The Hall–Kier alpha value is -1.05. The highest BCUT2D eigenvalue weighted by molar-refractivity contribution is 5.87. The van der Waals surface area contributed by atoms with Crippen molar-refractivity contribution in [1.82, 2.24) is 4.90 Å². The molecule has 0 N–H and O–H groups in total. The fraction of sp³-hybridized carbons (Fsp3) is 0.375. The SMILES string of the molecule is C=CC(=O)N1CCC(=C)C1. The van der Waals surface area contributed by atoms with Gasteiger partial charge in [0.25, 0.3) is 0 Å². The van der Waals surface area contributed by atoms with Gasteiger partial charge in [-0.25, -0.2) is 0 Å². The first-order valence-corrected chi connectivity index (χ1v) is 3.32. The first-order chi connectivity index (χ1) is 4.74. The molecule has 1 heterocycles. The molecule has 0 aromatic heterocycles. The molecule has 0 saturated carbocycles. The van der Waals surface area contributed by atoms with Crippen LogP contribution in [-0.2, 0) is 4.79 Å². The second-order valence-corrected chi connectivity index (χ2v) is 2.46. The van der Waals surface area contributed by atoms with Gasteiger partial charge in [0.1, 0.15) is 0 Å². The number of likely N-dealkylation sites (tertiary alicyclic amines) is 1. The Kier molecular flexibility index (Phi) is 1.90. The molecule has 54 valence electrons. The Morgan fingerprint density at radius 1 is 1.70 bits per heavy atom. The van der Waals surface area contributed by atoms with Gasteiger partial charge in [0.2, 0.25) is 5.91 Å². The summed E-state index contributed by atoms with van der Waals surface area (Å²) in [6.45, 7) is 8.72. The molecule has 0 unspecified atom stereocenters. The van der Waals surface area contributed by atoms with E-state index in [1.165, 1.54) is 6.08 Å². The maximum absolute atomic E-state index is 10.9. The maximum atomic E-state index is 10.9. The Morgan fingerprint density at radius 2 is 2.40 bits per heavy atom. The molecule has 1 saturated heterocycles. The fourth-order valence-electron chi connectivity index (χ4n) is 1.04. The average molecular weight is 137 g/mol. The molecule has 0 aromatic rings. The lowest BCUT2D eigenvalue weighted by Crippen LogP contribution is -2.25. The van der Waals surface area contributed by atoms with E-state index in [0.29, 0.717) is 6.54 Å². The summed E-state index contributed by atoms with van der Waals surface area (Å²) in [6.07, 6.45) is 2.29. The molecule has 0 aromatic carbocycles. The van der Waals surface area contributed by atoms with E-state index >= 15 is 0 Å². The van der Waals surface area contributed by atoms with Crippen molar-refractivity contribution < 1.29 is 4.79 Å². The fourth-order valence-corrected chi connectivity index (χ4v) is 1.04. The van der Waals surface area contributed by atoms with Crippen molar-refractivity contribution in [2.75, 3.05) is 13.1 Å². The van der Waals surface area contributed by atoms with Gasteiger partial charge in [0.15, 0.2) is 0 Å². The van der Waals surface area contributed by atoms with Gasteiger partial charge < -0.3 is 4.90 Å². The first-order valence-electron chi connectivity index (χ1n) is 3.32. The Morgan fingerprint density at radius 3 is 2.80 bits per heavy atom. The highest BCUT2D eigenvalue weighted by Gasteiger charge is 2.17. The molecule has 2 heteroatoms. The Balaban J connectivity index is 2.52. The van der Waals surface area contributed by atoms with Crippen molar-refractivity contribution in [1.29, 1.82) is 0 Å². The molecule has 1 aliphatic heterocycles. The number of hydrogen-bond donors (Lipinski definition) is 0. The van der Waals surface area contributed by atoms with Crippen molar-refractivity contribution >= 4 is 5.91 Å². The molecule has 1 fully saturated rings. The first kappa shape index (κ1) is 7.06. The quantitative estimate of drug-likeness (QED) is 0.389. The lowest BCUT2D eigenvalue weighted by atomic mass is 10.3. The topological polar surface area (TPSA) is 20.3 Å². The van der Waals surface area contributed by atoms with E-state index in [4.69, 9.17) is 0 Å². The van der Waals surface area contributed by atoms with Crippen molar-refractivity contribution in [3.05, 3.63) is 24.8 Å². The maximum Gasteiger partial charge on any atom is 0.246 e. The third kappa shape index (κ3) is 1.26. The summed E-state index contributed by atoms with van der Waals surface area (Å²) in [5, 5.41) is 0. The number of carbonyl (C=O) groups is 1. The van der Waals surface area contributed by atoms with E-state index in [1.807, 2.05) is 0 Å². The summed E-state index contributed by atoms with van der Waals surface area (Å²) in [5.74, 6) is 0.0126. The van der Waals surface area contributed by atoms with Crippen molar-refractivity contribution in [3.63, 3.8) is 0 Å². The van der Waals surface area contributed by atoms with Crippen molar-refractivity contribution in [3.8, 4) is 0 Å². The van der Waals surface area contributed by atoms with Gasteiger partial charge in [-0.2, -0.15) is 0 Å². The molecule has 0 radical (unpaired) electrons. The molecule has 0 atom stereocenters. The summed E-state index contributed by atoms with van der Waals surface area (Å²) < 4.78 is 0. The van der Waals surface area contributed by atoms with Crippen LogP contribution in [-0.4, -0.2) is 23.9 Å². The third-order valence-corrected chi connectivity index (χ3v) is 1.64. The highest BCUT2D eigenvalue weighted by Crippen LogP contribution is 2.12. The van der Waals surface area contributed by atoms with Crippen molar-refractivity contribution in [2.45, 2.75) is 6.42 Å². The molecule has 1 rings (SSSR count). The van der Waals surface area contributed by atoms with Gasteiger partial charge >= 0.3 is 0 Å². The summed E-state index contributed by atoms with van der Waals surface area (Å²) in [7, 11) is 0. The largest absolute Gasteiger partial charge is 0.335 e. The van der Waals surface area contributed by atoms with E-state index in [-0.39, 0.29) is 5.91 Å². The van der Waals surface area contributed by atoms with E-state index in [1.54, 1.807) is 4.90 Å². The zero-order chi connectivity index (χ0) is 7.56. The minimum absolute atomic E-state index is 0.0126. The van der Waals surface area contributed by atoms with Crippen LogP contribution in [0.25, 0.3) is 0 Å². The summed E-state index contributed by atoms with van der Waals surface area (Å²) >= 11 is 0. The Bertz CT molecular complexity index is 184. The van der Waals surface area contributed by atoms with E-state index in [9.17, 15) is 4.79 Å². The van der Waals surface area contributed by atoms with Crippen molar-refractivity contribution in [2.24, 2.45) is 0 Å². The second-order valence-electron chi connectivity index (χ2n) is 2.46. The van der Waals surface area contributed by atoms with Crippen LogP contribution in [0.3, 0.4) is 0 Å². The summed E-state index contributed by atoms with van der Waals surface area (Å²) in [6, 6.07) is 0. The summed E-state index contributed by atoms with van der Waals surface area (Å²) in [5.41, 5.74) is 1.13. The predicted molar refractivity (Wildman–Crippen MR) is 40.5 cm³/mol. The zero-order valence-corrected chi connectivity index (χ0v) is 5.97. The molecule has 10 heavy (non-hydrogen) atoms. The molecule has 1 aliphatic rings. The number of rotatable bonds is 1. The smallest absolute Gasteiger partial charge is 0.246 e. The number of hydrogen-bond acceptors (Lipinski definition) is 1. The Labute approximate surface area is 60.8 Å². The normalized spacial score (nSPS) is 17.6. The number of nitrogens with zero attached hydrogens (tertiary/aromatic N) is 1. The lowest BCUT2D eigenvalue weighted by Gasteiger charge is -2.10. The molecular formula is C8H11NO. The van der Waals surface area contributed by atoms with E-state index in [0.717, 1.165) is 18.5 Å². The molecule has 0 aliphatic carbocycles. The lowest BCUT2D eigenvalue weighted by molar-refractivity contribution is -0.124. The van der Waals surface area contributed by atoms with E-state index in [2.05, 4.69) is 13.2 Å². The highest BCUT2D eigenvalue weighted by atomic mass is 16.2. The van der Waals surface area contributed by atoms with Gasteiger partial charge in [-0.1, -0.05) is 18.7 Å². The molecule has 1 amide bonds. The van der Waals surface area contributed by atoms with Crippen LogP contribution in [0.2, 0.25) is 0 Å². The zero-order valence-electron chi connectivity index (χ0n) is 5.97. The minimum Gasteiger partial charge on any atom is -0.335 e. The van der Waals surface area contributed by atoms with Gasteiger partial charge in [0.05, 0.1) is 0 Å². The number of carbonyl (C=O) groups excluding carboxylic acids is 1. The molecule has 0 spiro atoms. The third-order valence-electron chi connectivity index (χ3n) is 1.64. The van der Waals surface area contributed by atoms with Crippen LogP contribution >= 0.6 is 0 Å². The standard InChI is InChI=1S/C8H11NO/c1-3-8(10)9-5-4-7(2)6-9/h3H,1-2,4-6H2.